The maximum absolute atomic E-state index is 11.6. The Morgan fingerprint density at radius 1 is 1.14 bits per heavy atom. The van der Waals surface area contributed by atoms with Gasteiger partial charge in [-0.3, -0.25) is 9.59 Å². The van der Waals surface area contributed by atoms with Crippen molar-refractivity contribution in [2.75, 3.05) is 6.54 Å². The van der Waals surface area contributed by atoms with E-state index in [-0.39, 0.29) is 5.91 Å². The summed E-state index contributed by atoms with van der Waals surface area (Å²) < 4.78 is 5.63. The van der Waals surface area contributed by atoms with Gasteiger partial charge in [-0.2, -0.15) is 0 Å². The number of amides is 1. The summed E-state index contributed by atoms with van der Waals surface area (Å²) in [5.41, 5.74) is 2.08. The van der Waals surface area contributed by atoms with Crippen molar-refractivity contribution in [1.82, 2.24) is 5.32 Å². The van der Waals surface area contributed by atoms with Gasteiger partial charge < -0.3 is 10.1 Å². The highest BCUT2D eigenvalue weighted by Gasteiger charge is 2.05. The SMILES string of the molecule is CCNC(=O)c1ccc(COc2ccccc2C=O)cc1. The number of benzene rings is 2. The molecule has 0 aliphatic heterocycles. The van der Waals surface area contributed by atoms with Crippen LogP contribution in [-0.2, 0) is 6.61 Å². The second kappa shape index (κ2) is 7.24. The Kier molecular flexibility index (Phi) is 5.10. The standard InChI is InChI=1S/C17H17NO3/c1-2-18-17(20)14-9-7-13(8-10-14)12-21-16-6-4-3-5-15(16)11-19/h3-11H,2,12H2,1H3,(H,18,20). The smallest absolute Gasteiger partial charge is 0.251 e. The first-order valence-electron chi connectivity index (χ1n) is 6.78. The maximum Gasteiger partial charge on any atom is 0.251 e. The van der Waals surface area contributed by atoms with E-state index in [1.54, 1.807) is 30.3 Å². The van der Waals surface area contributed by atoms with E-state index in [1.165, 1.54) is 0 Å². The van der Waals surface area contributed by atoms with Gasteiger partial charge >= 0.3 is 0 Å². The summed E-state index contributed by atoms with van der Waals surface area (Å²) in [7, 11) is 0. The molecule has 0 aliphatic carbocycles. The Morgan fingerprint density at radius 2 is 1.86 bits per heavy atom. The highest BCUT2D eigenvalue weighted by Crippen LogP contribution is 2.17. The highest BCUT2D eigenvalue weighted by atomic mass is 16.5. The summed E-state index contributed by atoms with van der Waals surface area (Å²) in [5.74, 6) is 0.469. The third kappa shape index (κ3) is 3.92. The predicted octanol–water partition coefficient (Wildman–Crippen LogP) is 2.83. The number of aldehydes is 1. The summed E-state index contributed by atoms with van der Waals surface area (Å²) in [4.78, 5) is 22.5. The third-order valence-corrected chi connectivity index (χ3v) is 2.99. The van der Waals surface area contributed by atoms with Crippen LogP contribution in [0.25, 0.3) is 0 Å². The summed E-state index contributed by atoms with van der Waals surface area (Å²) in [6.45, 7) is 2.83. The Labute approximate surface area is 123 Å². The van der Waals surface area contributed by atoms with E-state index in [0.29, 0.717) is 30.0 Å². The summed E-state index contributed by atoms with van der Waals surface area (Å²) >= 11 is 0. The first-order valence-corrected chi connectivity index (χ1v) is 6.78. The van der Waals surface area contributed by atoms with E-state index in [2.05, 4.69) is 5.32 Å². The van der Waals surface area contributed by atoms with Crippen LogP contribution in [0.3, 0.4) is 0 Å². The molecule has 21 heavy (non-hydrogen) atoms. The van der Waals surface area contributed by atoms with Gasteiger partial charge in [-0.25, -0.2) is 0 Å². The molecule has 0 heterocycles. The monoisotopic (exact) mass is 283 g/mol. The van der Waals surface area contributed by atoms with Crippen molar-refractivity contribution in [3.8, 4) is 5.75 Å². The second-order valence-corrected chi connectivity index (χ2v) is 4.50. The largest absolute Gasteiger partial charge is 0.488 e. The minimum absolute atomic E-state index is 0.0868. The van der Waals surface area contributed by atoms with Crippen molar-refractivity contribution in [2.24, 2.45) is 0 Å². The molecule has 0 atom stereocenters. The molecular weight excluding hydrogens is 266 g/mol. The van der Waals surface area contributed by atoms with Crippen molar-refractivity contribution in [3.05, 3.63) is 65.2 Å². The topological polar surface area (TPSA) is 55.4 Å². The molecule has 2 rings (SSSR count). The van der Waals surface area contributed by atoms with Crippen LogP contribution in [0.1, 0.15) is 33.2 Å². The number of carbonyl (C=O) groups is 2. The molecule has 1 amide bonds. The zero-order chi connectivity index (χ0) is 15.1. The first-order chi connectivity index (χ1) is 10.2. The van der Waals surface area contributed by atoms with Gasteiger partial charge in [-0.05, 0) is 36.8 Å². The number of ether oxygens (including phenoxy) is 1. The van der Waals surface area contributed by atoms with Gasteiger partial charge in [0.1, 0.15) is 12.4 Å². The average molecular weight is 283 g/mol. The summed E-state index contributed by atoms with van der Waals surface area (Å²) in [6.07, 6.45) is 0.771. The number of carbonyl (C=O) groups excluding carboxylic acids is 2. The normalized spacial score (nSPS) is 9.95. The predicted molar refractivity (Wildman–Crippen MR) is 80.6 cm³/mol. The molecule has 0 radical (unpaired) electrons. The number of hydrogen-bond acceptors (Lipinski definition) is 3. The Hall–Kier alpha value is -2.62. The molecule has 0 saturated heterocycles. The fourth-order valence-electron chi connectivity index (χ4n) is 1.89. The quantitative estimate of drug-likeness (QED) is 0.829. The lowest BCUT2D eigenvalue weighted by atomic mass is 10.1. The fourth-order valence-corrected chi connectivity index (χ4v) is 1.89. The first kappa shape index (κ1) is 14.8. The fraction of sp³-hybridized carbons (Fsp3) is 0.176. The molecule has 0 bridgehead atoms. The van der Waals surface area contributed by atoms with E-state index in [1.807, 2.05) is 25.1 Å². The molecule has 0 unspecified atom stereocenters. The van der Waals surface area contributed by atoms with Crippen LogP contribution in [0.2, 0.25) is 0 Å². The minimum atomic E-state index is -0.0868. The van der Waals surface area contributed by atoms with Gasteiger partial charge in [0, 0.05) is 12.1 Å². The van der Waals surface area contributed by atoms with Gasteiger partial charge in [0.15, 0.2) is 6.29 Å². The van der Waals surface area contributed by atoms with Gasteiger partial charge in [0.2, 0.25) is 0 Å². The lowest BCUT2D eigenvalue weighted by Gasteiger charge is -2.09. The van der Waals surface area contributed by atoms with Crippen LogP contribution in [-0.4, -0.2) is 18.7 Å². The Bertz CT molecular complexity index is 620. The van der Waals surface area contributed by atoms with Gasteiger partial charge in [0.25, 0.3) is 5.91 Å². The average Bonchev–Trinajstić information content (AvgIpc) is 2.54. The molecule has 1 N–H and O–H groups in total. The van der Waals surface area contributed by atoms with Crippen molar-refractivity contribution in [3.63, 3.8) is 0 Å². The number of nitrogens with one attached hydrogen (secondary N) is 1. The molecular formula is C17H17NO3. The van der Waals surface area contributed by atoms with Crippen molar-refractivity contribution >= 4 is 12.2 Å². The van der Waals surface area contributed by atoms with Crippen molar-refractivity contribution in [2.45, 2.75) is 13.5 Å². The lowest BCUT2D eigenvalue weighted by Crippen LogP contribution is -2.22. The molecule has 108 valence electrons. The van der Waals surface area contributed by atoms with Crippen LogP contribution < -0.4 is 10.1 Å². The molecule has 2 aromatic carbocycles. The van der Waals surface area contributed by atoms with Crippen LogP contribution in [0, 0.1) is 0 Å². The van der Waals surface area contributed by atoms with Gasteiger partial charge in [0.05, 0.1) is 5.56 Å². The maximum atomic E-state index is 11.6. The van der Waals surface area contributed by atoms with E-state index in [9.17, 15) is 9.59 Å². The number of rotatable bonds is 6. The van der Waals surface area contributed by atoms with E-state index >= 15 is 0 Å². The highest BCUT2D eigenvalue weighted by molar-refractivity contribution is 5.94. The molecule has 0 fully saturated rings. The van der Waals surface area contributed by atoms with Crippen LogP contribution in [0.5, 0.6) is 5.75 Å². The van der Waals surface area contributed by atoms with Crippen molar-refractivity contribution < 1.29 is 14.3 Å². The lowest BCUT2D eigenvalue weighted by molar-refractivity contribution is 0.0955. The van der Waals surface area contributed by atoms with Gasteiger partial charge in [-0.1, -0.05) is 24.3 Å². The Balaban J connectivity index is 2.01. The van der Waals surface area contributed by atoms with E-state index < -0.39 is 0 Å². The van der Waals surface area contributed by atoms with Crippen molar-refractivity contribution in [1.29, 1.82) is 0 Å². The number of hydrogen-bond donors (Lipinski definition) is 1. The van der Waals surface area contributed by atoms with E-state index in [4.69, 9.17) is 4.74 Å². The molecule has 0 aliphatic rings. The molecule has 4 nitrogen and oxygen atoms in total. The second-order valence-electron chi connectivity index (χ2n) is 4.50. The van der Waals surface area contributed by atoms with Crippen LogP contribution in [0.4, 0.5) is 0 Å². The zero-order valence-corrected chi connectivity index (χ0v) is 11.8. The molecule has 2 aromatic rings. The number of para-hydroxylation sites is 1. The van der Waals surface area contributed by atoms with Crippen LogP contribution >= 0.6 is 0 Å². The molecule has 0 saturated carbocycles. The summed E-state index contributed by atoms with van der Waals surface area (Å²) in [5, 5.41) is 2.75. The van der Waals surface area contributed by atoms with E-state index in [0.717, 1.165) is 11.8 Å². The zero-order valence-electron chi connectivity index (χ0n) is 11.8. The molecule has 4 heteroatoms. The Morgan fingerprint density at radius 3 is 2.52 bits per heavy atom. The summed E-state index contributed by atoms with van der Waals surface area (Å²) in [6, 6.07) is 14.3. The third-order valence-electron chi connectivity index (χ3n) is 2.99. The molecule has 0 aromatic heterocycles. The minimum Gasteiger partial charge on any atom is -0.488 e. The molecule has 0 spiro atoms. The van der Waals surface area contributed by atoms with Gasteiger partial charge in [-0.15, -0.1) is 0 Å². The van der Waals surface area contributed by atoms with Crippen LogP contribution in [0.15, 0.2) is 48.5 Å².